The number of nitrogens with zero attached hydrogens (tertiary/aromatic N) is 2. The van der Waals surface area contributed by atoms with E-state index in [1.807, 2.05) is 6.92 Å². The normalized spacial score (nSPS) is 11.9. The molecule has 0 aromatic heterocycles. The lowest BCUT2D eigenvalue weighted by atomic mass is 10.1. The molecule has 0 heterocycles. The van der Waals surface area contributed by atoms with Gasteiger partial charge in [0.05, 0.1) is 17.2 Å². The molecule has 0 saturated carbocycles. The number of ether oxygens (including phenoxy) is 1. The van der Waals surface area contributed by atoms with Crippen LogP contribution in [0.3, 0.4) is 0 Å². The van der Waals surface area contributed by atoms with E-state index in [-0.39, 0.29) is 23.0 Å². The van der Waals surface area contributed by atoms with Crippen molar-refractivity contribution in [2.45, 2.75) is 37.8 Å². The lowest BCUT2D eigenvalue weighted by Crippen LogP contribution is -2.51. The number of likely N-dealkylation sites (N-methyl/N-ethyl adjacent to an activating group) is 1. The summed E-state index contributed by atoms with van der Waals surface area (Å²) in [6.45, 7) is 3.61. The molecule has 1 N–H and O–H groups in total. The molecule has 0 aliphatic rings. The molecule has 38 heavy (non-hydrogen) atoms. The van der Waals surface area contributed by atoms with Crippen LogP contribution in [0.5, 0.6) is 5.75 Å². The molecular weight excluding hydrogens is 526 g/mol. The largest absolute Gasteiger partial charge is 0.494 e. The van der Waals surface area contributed by atoms with Crippen molar-refractivity contribution in [2.75, 3.05) is 24.5 Å². The van der Waals surface area contributed by atoms with Crippen molar-refractivity contribution in [1.29, 1.82) is 0 Å². The van der Waals surface area contributed by atoms with Crippen LogP contribution in [0.15, 0.2) is 83.8 Å². The Morgan fingerprint density at radius 3 is 2.16 bits per heavy atom. The monoisotopic (exact) mass is 557 g/mol. The molecule has 0 saturated heterocycles. The third-order valence-electron chi connectivity index (χ3n) is 5.98. The van der Waals surface area contributed by atoms with Crippen LogP contribution < -0.4 is 14.4 Å². The van der Waals surface area contributed by atoms with Gasteiger partial charge in [-0.15, -0.1) is 0 Å². The topological polar surface area (TPSA) is 96.0 Å². The smallest absolute Gasteiger partial charge is 0.264 e. The van der Waals surface area contributed by atoms with Crippen molar-refractivity contribution >= 4 is 39.1 Å². The highest BCUT2D eigenvalue weighted by Gasteiger charge is 2.33. The van der Waals surface area contributed by atoms with E-state index in [0.717, 1.165) is 4.31 Å². The number of hydrogen-bond donors (Lipinski definition) is 1. The van der Waals surface area contributed by atoms with Gasteiger partial charge in [0, 0.05) is 18.6 Å². The third-order valence-corrected chi connectivity index (χ3v) is 8.13. The van der Waals surface area contributed by atoms with Crippen molar-refractivity contribution in [3.8, 4) is 5.75 Å². The van der Waals surface area contributed by atoms with Gasteiger partial charge in [-0.3, -0.25) is 13.9 Å². The number of benzene rings is 3. The number of anilines is 1. The summed E-state index contributed by atoms with van der Waals surface area (Å²) in [7, 11) is -2.63. The molecule has 3 aromatic rings. The Bertz CT molecular complexity index is 1330. The summed E-state index contributed by atoms with van der Waals surface area (Å²) in [5.74, 6) is -0.328. The first-order valence-electron chi connectivity index (χ1n) is 12.3. The maximum Gasteiger partial charge on any atom is 0.264 e. The summed E-state index contributed by atoms with van der Waals surface area (Å²) in [6, 6.07) is 20.6. The fourth-order valence-corrected chi connectivity index (χ4v) is 5.65. The van der Waals surface area contributed by atoms with E-state index in [1.165, 1.54) is 24.1 Å². The van der Waals surface area contributed by atoms with Gasteiger partial charge in [0.25, 0.3) is 10.0 Å². The zero-order valence-corrected chi connectivity index (χ0v) is 23.2. The lowest BCUT2D eigenvalue weighted by molar-refractivity contribution is -0.140. The fourth-order valence-electron chi connectivity index (χ4n) is 4.02. The zero-order valence-electron chi connectivity index (χ0n) is 21.6. The number of amides is 2. The second kappa shape index (κ2) is 13.3. The van der Waals surface area contributed by atoms with Crippen molar-refractivity contribution < 1.29 is 22.7 Å². The van der Waals surface area contributed by atoms with Gasteiger partial charge < -0.3 is 15.0 Å². The number of halogens is 1. The summed E-state index contributed by atoms with van der Waals surface area (Å²) in [5, 5.41) is 3.04. The minimum absolute atomic E-state index is 0.0347. The van der Waals surface area contributed by atoms with E-state index in [1.54, 1.807) is 73.7 Å². The number of nitrogens with one attached hydrogen (secondary N) is 1. The van der Waals surface area contributed by atoms with Gasteiger partial charge in [-0.1, -0.05) is 54.9 Å². The van der Waals surface area contributed by atoms with Crippen molar-refractivity contribution in [2.24, 2.45) is 0 Å². The molecule has 0 aliphatic heterocycles. The van der Waals surface area contributed by atoms with E-state index >= 15 is 0 Å². The summed E-state index contributed by atoms with van der Waals surface area (Å²) in [4.78, 5) is 28.1. The number of sulfonamides is 1. The maximum absolute atomic E-state index is 13.9. The second-order valence-corrected chi connectivity index (χ2v) is 10.7. The molecule has 0 fully saturated rings. The van der Waals surface area contributed by atoms with Crippen LogP contribution in [0.25, 0.3) is 0 Å². The molecule has 202 valence electrons. The van der Waals surface area contributed by atoms with Crippen LogP contribution in [-0.2, 0) is 26.2 Å². The fraction of sp³-hybridized carbons (Fsp3) is 0.286. The summed E-state index contributed by atoms with van der Waals surface area (Å²) in [5.41, 5.74) is 0.930. The molecule has 1 atom stereocenters. The average molecular weight is 558 g/mol. The predicted octanol–water partition coefficient (Wildman–Crippen LogP) is 4.49. The van der Waals surface area contributed by atoms with E-state index in [4.69, 9.17) is 16.3 Å². The van der Waals surface area contributed by atoms with Gasteiger partial charge in [0.15, 0.2) is 0 Å². The molecule has 0 radical (unpaired) electrons. The Morgan fingerprint density at radius 1 is 0.947 bits per heavy atom. The van der Waals surface area contributed by atoms with Gasteiger partial charge in [0.2, 0.25) is 11.8 Å². The van der Waals surface area contributed by atoms with Gasteiger partial charge in [-0.25, -0.2) is 8.42 Å². The molecular formula is C28H32ClN3O5S. The van der Waals surface area contributed by atoms with E-state index < -0.39 is 28.5 Å². The molecule has 2 amide bonds. The highest BCUT2D eigenvalue weighted by Crippen LogP contribution is 2.27. The van der Waals surface area contributed by atoms with Crippen LogP contribution in [0.4, 0.5) is 5.69 Å². The number of carbonyl (C=O) groups excluding carboxylic acids is 2. The first-order chi connectivity index (χ1) is 18.2. The minimum atomic E-state index is -4.13. The Hall–Kier alpha value is -3.56. The highest BCUT2D eigenvalue weighted by atomic mass is 35.5. The number of hydrogen-bond acceptors (Lipinski definition) is 5. The molecule has 10 heteroatoms. The number of carbonyl (C=O) groups is 2. The third kappa shape index (κ3) is 6.85. The standard InChI is InChI=1S/C28H32ClN3O5S/c1-4-26(28(34)30-3)31(19-21-11-9-10-14-25(21)29)27(33)20-32(22-15-17-23(18-16-22)37-5-2)38(35,36)24-12-7-6-8-13-24/h6-18,26H,4-5,19-20H2,1-3H3,(H,30,34). The average Bonchev–Trinajstić information content (AvgIpc) is 2.93. The van der Waals surface area contributed by atoms with Crippen molar-refractivity contribution in [3.63, 3.8) is 0 Å². The Labute approximate surface area is 229 Å². The molecule has 0 aliphatic carbocycles. The first kappa shape index (κ1) is 29.0. The van der Waals surface area contributed by atoms with Crippen molar-refractivity contribution in [3.05, 3.63) is 89.4 Å². The van der Waals surface area contributed by atoms with Gasteiger partial charge in [0.1, 0.15) is 18.3 Å². The Morgan fingerprint density at radius 2 is 1.58 bits per heavy atom. The predicted molar refractivity (Wildman–Crippen MR) is 149 cm³/mol. The molecule has 0 spiro atoms. The SMILES string of the molecule is CCOc1ccc(N(CC(=O)N(Cc2ccccc2Cl)C(CC)C(=O)NC)S(=O)(=O)c2ccccc2)cc1. The van der Waals surface area contributed by atoms with E-state index in [9.17, 15) is 18.0 Å². The van der Waals surface area contributed by atoms with Gasteiger partial charge in [-0.2, -0.15) is 0 Å². The van der Waals surface area contributed by atoms with Crippen LogP contribution in [-0.4, -0.2) is 51.4 Å². The summed E-state index contributed by atoms with van der Waals surface area (Å²) in [6.07, 6.45) is 0.324. The molecule has 3 aromatic carbocycles. The van der Waals surface area contributed by atoms with Crippen LogP contribution in [0.2, 0.25) is 5.02 Å². The maximum atomic E-state index is 13.9. The zero-order chi connectivity index (χ0) is 27.7. The van der Waals surface area contributed by atoms with E-state index in [0.29, 0.717) is 29.4 Å². The lowest BCUT2D eigenvalue weighted by Gasteiger charge is -2.33. The van der Waals surface area contributed by atoms with E-state index in [2.05, 4.69) is 5.32 Å². The Balaban J connectivity index is 2.05. The first-order valence-corrected chi connectivity index (χ1v) is 14.1. The molecule has 0 bridgehead atoms. The van der Waals surface area contributed by atoms with Crippen LogP contribution >= 0.6 is 11.6 Å². The summed E-state index contributed by atoms with van der Waals surface area (Å²) >= 11 is 6.37. The summed E-state index contributed by atoms with van der Waals surface area (Å²) < 4.78 is 34.1. The minimum Gasteiger partial charge on any atom is -0.494 e. The van der Waals surface area contributed by atoms with Crippen LogP contribution in [0.1, 0.15) is 25.8 Å². The van der Waals surface area contributed by atoms with Gasteiger partial charge in [-0.05, 0) is 61.4 Å². The molecule has 3 rings (SSSR count). The molecule has 1 unspecified atom stereocenters. The van der Waals surface area contributed by atoms with Gasteiger partial charge >= 0.3 is 0 Å². The number of rotatable bonds is 12. The Kier molecular flexibility index (Phi) is 10.2. The molecule has 8 nitrogen and oxygen atoms in total. The van der Waals surface area contributed by atoms with Crippen molar-refractivity contribution in [1.82, 2.24) is 10.2 Å². The van der Waals surface area contributed by atoms with Crippen LogP contribution in [0, 0.1) is 0 Å². The second-order valence-electron chi connectivity index (χ2n) is 8.40. The highest BCUT2D eigenvalue weighted by molar-refractivity contribution is 7.92. The quantitative estimate of drug-likeness (QED) is 0.354.